The third kappa shape index (κ3) is 3.39. The van der Waals surface area contributed by atoms with Crippen LogP contribution in [-0.4, -0.2) is 68.8 Å². The van der Waals surface area contributed by atoms with Crippen LogP contribution in [0.25, 0.3) is 22.3 Å². The number of aromatic nitrogens is 4. The number of carbonyl (C=O) groups is 1. The number of aromatic amines is 1. The van der Waals surface area contributed by atoms with Gasteiger partial charge in [0, 0.05) is 43.8 Å². The Balaban J connectivity index is 1.23. The molecule has 9 heteroatoms. The van der Waals surface area contributed by atoms with E-state index in [-0.39, 0.29) is 23.5 Å². The van der Waals surface area contributed by atoms with Crippen LogP contribution in [0.15, 0.2) is 22.9 Å². The fourth-order valence-corrected chi connectivity index (χ4v) is 4.39. The molecule has 0 unspecified atom stereocenters. The zero-order chi connectivity index (χ0) is 20.0. The van der Waals surface area contributed by atoms with Crippen LogP contribution in [0.5, 0.6) is 0 Å². The molecule has 0 spiro atoms. The van der Waals surface area contributed by atoms with E-state index in [0.29, 0.717) is 22.8 Å². The number of nitrogens with zero attached hydrogens (tertiary/aromatic N) is 5. The van der Waals surface area contributed by atoms with Gasteiger partial charge in [-0.15, -0.1) is 0 Å². The van der Waals surface area contributed by atoms with E-state index in [9.17, 15) is 9.18 Å². The Morgan fingerprint density at radius 2 is 2.10 bits per heavy atom. The van der Waals surface area contributed by atoms with Crippen LogP contribution in [0, 0.1) is 11.7 Å². The molecule has 1 aromatic carbocycles. The van der Waals surface area contributed by atoms with Gasteiger partial charge in [0.25, 0.3) is 0 Å². The van der Waals surface area contributed by atoms with E-state index in [2.05, 4.69) is 25.2 Å². The number of benzene rings is 1. The first-order valence-corrected chi connectivity index (χ1v) is 10.0. The Labute approximate surface area is 167 Å². The number of fused-ring (bicyclic) bond motifs is 1. The molecule has 2 aliphatic rings. The summed E-state index contributed by atoms with van der Waals surface area (Å²) in [6, 6.07) is 3.04. The quantitative estimate of drug-likeness (QED) is 0.726. The number of rotatable bonds is 4. The highest BCUT2D eigenvalue weighted by atomic mass is 19.1. The van der Waals surface area contributed by atoms with Crippen LogP contribution < -0.4 is 0 Å². The number of halogens is 1. The maximum Gasteiger partial charge on any atom is 0.230 e. The van der Waals surface area contributed by atoms with Crippen LogP contribution in [0.4, 0.5) is 4.39 Å². The van der Waals surface area contributed by atoms with E-state index >= 15 is 0 Å². The zero-order valence-electron chi connectivity index (χ0n) is 16.3. The van der Waals surface area contributed by atoms with Gasteiger partial charge in [0.15, 0.2) is 0 Å². The van der Waals surface area contributed by atoms with E-state index in [1.165, 1.54) is 6.07 Å². The Bertz CT molecular complexity index is 1030. The van der Waals surface area contributed by atoms with Crippen LogP contribution in [-0.2, 0) is 4.79 Å². The summed E-state index contributed by atoms with van der Waals surface area (Å²) in [6.45, 7) is 6.31. The summed E-state index contributed by atoms with van der Waals surface area (Å²) in [6.07, 6.45) is 3.45. The predicted molar refractivity (Wildman–Crippen MR) is 104 cm³/mol. The van der Waals surface area contributed by atoms with Gasteiger partial charge in [0.2, 0.25) is 17.6 Å². The van der Waals surface area contributed by atoms with Crippen molar-refractivity contribution in [3.8, 4) is 11.4 Å². The molecule has 2 saturated heterocycles. The smallest absolute Gasteiger partial charge is 0.230 e. The Kier molecular flexibility index (Phi) is 4.54. The van der Waals surface area contributed by atoms with Gasteiger partial charge in [-0.05, 0) is 38.1 Å². The van der Waals surface area contributed by atoms with Crippen molar-refractivity contribution in [2.24, 2.45) is 5.92 Å². The van der Waals surface area contributed by atoms with Gasteiger partial charge in [-0.3, -0.25) is 9.89 Å². The van der Waals surface area contributed by atoms with E-state index in [1.807, 2.05) is 4.90 Å². The predicted octanol–water partition coefficient (Wildman–Crippen LogP) is 2.41. The summed E-state index contributed by atoms with van der Waals surface area (Å²) in [5, 5.41) is 11.5. The molecule has 5 rings (SSSR count). The highest BCUT2D eigenvalue weighted by molar-refractivity contribution is 5.92. The van der Waals surface area contributed by atoms with E-state index < -0.39 is 0 Å². The van der Waals surface area contributed by atoms with Gasteiger partial charge in [-0.2, -0.15) is 10.1 Å². The van der Waals surface area contributed by atoms with Crippen LogP contribution in [0.3, 0.4) is 0 Å². The molecule has 152 valence electrons. The van der Waals surface area contributed by atoms with Crippen LogP contribution in [0.2, 0.25) is 0 Å². The van der Waals surface area contributed by atoms with Crippen LogP contribution >= 0.6 is 0 Å². The molecule has 0 saturated carbocycles. The summed E-state index contributed by atoms with van der Waals surface area (Å²) in [7, 11) is 0. The minimum atomic E-state index is -0.388. The summed E-state index contributed by atoms with van der Waals surface area (Å²) >= 11 is 0. The highest BCUT2D eigenvalue weighted by Gasteiger charge is 2.32. The first-order valence-electron chi connectivity index (χ1n) is 10.0. The second-order valence-electron chi connectivity index (χ2n) is 8.07. The summed E-state index contributed by atoms with van der Waals surface area (Å²) in [5.74, 6) is 1.38. The average Bonchev–Trinajstić information content (AvgIpc) is 3.34. The molecule has 0 radical (unpaired) electrons. The topological polar surface area (TPSA) is 91.2 Å². The van der Waals surface area contributed by atoms with E-state index in [1.54, 1.807) is 19.2 Å². The van der Waals surface area contributed by atoms with Crippen molar-refractivity contribution in [1.82, 2.24) is 30.1 Å². The molecule has 29 heavy (non-hydrogen) atoms. The summed E-state index contributed by atoms with van der Waals surface area (Å²) < 4.78 is 19.9. The first-order chi connectivity index (χ1) is 14.1. The second-order valence-corrected chi connectivity index (χ2v) is 8.07. The Morgan fingerprint density at radius 3 is 2.86 bits per heavy atom. The number of H-pyrrole nitrogens is 1. The number of hydrogen-bond donors (Lipinski definition) is 1. The third-order valence-corrected chi connectivity index (χ3v) is 6.09. The third-order valence-electron chi connectivity index (χ3n) is 6.09. The molecule has 0 aliphatic carbocycles. The van der Waals surface area contributed by atoms with Crippen LogP contribution in [0.1, 0.15) is 31.6 Å². The van der Waals surface area contributed by atoms with Crippen molar-refractivity contribution in [3.05, 3.63) is 30.0 Å². The fraction of sp³-hybridized carbons (Fsp3) is 0.500. The number of hydrogen-bond acceptors (Lipinski definition) is 6. The summed E-state index contributed by atoms with van der Waals surface area (Å²) in [4.78, 5) is 20.2. The minimum Gasteiger partial charge on any atom is -0.342 e. The highest BCUT2D eigenvalue weighted by Crippen LogP contribution is 2.32. The molecule has 3 aromatic rings. The lowest BCUT2D eigenvalue weighted by Gasteiger charge is -2.42. The van der Waals surface area contributed by atoms with E-state index in [0.717, 1.165) is 51.1 Å². The Hall–Kier alpha value is -2.81. The number of amides is 1. The minimum absolute atomic E-state index is 0.162. The standard InChI is InChI=1S/C20H23FN6O2/c1-12(28)27-10-13(11-27)9-26-6-4-14(5-7-26)20-23-19(25-29-20)18-15-8-22-24-17(15)3-2-16(18)21/h2-3,8,13-14H,4-7,9-11H2,1H3,(H,22,24). The van der Waals surface area contributed by atoms with Gasteiger partial charge >= 0.3 is 0 Å². The average molecular weight is 398 g/mol. The van der Waals surface area contributed by atoms with Crippen molar-refractivity contribution < 1.29 is 13.7 Å². The molecule has 1 N–H and O–H groups in total. The van der Waals surface area contributed by atoms with Crippen molar-refractivity contribution in [3.63, 3.8) is 0 Å². The number of carbonyl (C=O) groups excluding carboxylic acids is 1. The molecule has 4 heterocycles. The molecule has 1 amide bonds. The van der Waals surface area contributed by atoms with Gasteiger partial charge in [-0.25, -0.2) is 4.39 Å². The number of nitrogens with one attached hydrogen (secondary N) is 1. The van der Waals surface area contributed by atoms with Crippen molar-refractivity contribution in [1.29, 1.82) is 0 Å². The molecule has 2 aliphatic heterocycles. The molecular formula is C20H23FN6O2. The van der Waals surface area contributed by atoms with Gasteiger partial charge in [0.1, 0.15) is 5.82 Å². The Morgan fingerprint density at radius 1 is 1.31 bits per heavy atom. The first kappa shape index (κ1) is 18.2. The molecule has 2 aromatic heterocycles. The zero-order valence-corrected chi connectivity index (χ0v) is 16.3. The molecular weight excluding hydrogens is 375 g/mol. The van der Waals surface area contributed by atoms with Crippen molar-refractivity contribution in [2.45, 2.75) is 25.7 Å². The van der Waals surface area contributed by atoms with Gasteiger partial charge < -0.3 is 14.3 Å². The lowest BCUT2D eigenvalue weighted by Crippen LogP contribution is -2.53. The van der Waals surface area contributed by atoms with E-state index in [4.69, 9.17) is 4.52 Å². The summed E-state index contributed by atoms with van der Waals surface area (Å²) in [5.41, 5.74) is 1.06. The maximum absolute atomic E-state index is 14.4. The molecule has 0 bridgehead atoms. The lowest BCUT2D eigenvalue weighted by atomic mass is 9.94. The second kappa shape index (κ2) is 7.22. The largest absolute Gasteiger partial charge is 0.342 e. The molecule has 0 atom stereocenters. The molecule has 8 nitrogen and oxygen atoms in total. The number of likely N-dealkylation sites (tertiary alicyclic amines) is 2. The van der Waals surface area contributed by atoms with Gasteiger partial charge in [-0.1, -0.05) is 5.16 Å². The SMILES string of the molecule is CC(=O)N1CC(CN2CCC(c3nc(-c4c(F)ccc5[nH]ncc45)no3)CC2)C1. The maximum atomic E-state index is 14.4. The van der Waals surface area contributed by atoms with Crippen molar-refractivity contribution >= 4 is 16.8 Å². The monoisotopic (exact) mass is 398 g/mol. The van der Waals surface area contributed by atoms with Gasteiger partial charge in [0.05, 0.1) is 17.3 Å². The lowest BCUT2D eigenvalue weighted by molar-refractivity contribution is -0.135. The van der Waals surface area contributed by atoms with Crippen molar-refractivity contribution in [2.75, 3.05) is 32.7 Å². The molecule has 2 fully saturated rings. The normalized spacial score (nSPS) is 19.0. The number of piperidine rings is 1. The fourth-order valence-electron chi connectivity index (χ4n) is 4.39.